The van der Waals surface area contributed by atoms with Crippen molar-refractivity contribution in [1.82, 2.24) is 15.0 Å². The molecule has 0 saturated carbocycles. The summed E-state index contributed by atoms with van der Waals surface area (Å²) in [6.07, 6.45) is 1.85. The Morgan fingerprint density at radius 2 is 2.11 bits per heavy atom. The minimum absolute atomic E-state index is 0.303. The van der Waals surface area contributed by atoms with Gasteiger partial charge < -0.3 is 10.1 Å². The third-order valence-corrected chi connectivity index (χ3v) is 2.52. The molecular formula is C13H16N4O2. The summed E-state index contributed by atoms with van der Waals surface area (Å²) in [5.41, 5.74) is 2.32. The van der Waals surface area contributed by atoms with E-state index in [-0.39, 0.29) is 5.97 Å². The molecule has 6 nitrogen and oxygen atoms in total. The summed E-state index contributed by atoms with van der Waals surface area (Å²) in [5.74, 6) is -0.303. The highest BCUT2D eigenvalue weighted by molar-refractivity contribution is 5.89. The number of ether oxygens (including phenoxy) is 1. The molecule has 0 bridgehead atoms. The summed E-state index contributed by atoms with van der Waals surface area (Å²) in [4.78, 5) is 11.5. The maximum Gasteiger partial charge on any atom is 0.338 e. The second-order valence-electron chi connectivity index (χ2n) is 4.03. The van der Waals surface area contributed by atoms with Gasteiger partial charge in [-0.1, -0.05) is 5.21 Å². The molecule has 0 spiro atoms. The molecule has 2 rings (SSSR count). The Bertz CT molecular complexity index is 548. The van der Waals surface area contributed by atoms with Gasteiger partial charge >= 0.3 is 5.97 Å². The van der Waals surface area contributed by atoms with Gasteiger partial charge in [0.1, 0.15) is 5.69 Å². The van der Waals surface area contributed by atoms with Gasteiger partial charge in [0.05, 0.1) is 18.7 Å². The van der Waals surface area contributed by atoms with Crippen molar-refractivity contribution in [2.24, 2.45) is 7.05 Å². The number of nitrogens with one attached hydrogen (secondary N) is 1. The SMILES string of the molecule is CCOC(=O)c1ccc(NCc2cn(C)nn2)cc1. The van der Waals surface area contributed by atoms with Gasteiger partial charge in [0.15, 0.2) is 0 Å². The highest BCUT2D eigenvalue weighted by atomic mass is 16.5. The van der Waals surface area contributed by atoms with Crippen molar-refractivity contribution in [3.8, 4) is 0 Å². The monoisotopic (exact) mass is 260 g/mol. The quantitative estimate of drug-likeness (QED) is 0.827. The number of esters is 1. The van der Waals surface area contributed by atoms with Crippen LogP contribution < -0.4 is 5.32 Å². The largest absolute Gasteiger partial charge is 0.462 e. The molecule has 100 valence electrons. The molecule has 0 fully saturated rings. The second kappa shape index (κ2) is 5.99. The molecule has 6 heteroatoms. The van der Waals surface area contributed by atoms with E-state index >= 15 is 0 Å². The fourth-order valence-electron chi connectivity index (χ4n) is 1.61. The van der Waals surface area contributed by atoms with Gasteiger partial charge in [-0.2, -0.15) is 0 Å². The molecule has 0 aliphatic heterocycles. The van der Waals surface area contributed by atoms with E-state index in [2.05, 4.69) is 15.6 Å². The minimum Gasteiger partial charge on any atom is -0.462 e. The molecule has 1 N–H and O–H groups in total. The normalized spacial score (nSPS) is 10.2. The van der Waals surface area contributed by atoms with Gasteiger partial charge in [0.2, 0.25) is 0 Å². The second-order valence-corrected chi connectivity index (χ2v) is 4.03. The first-order chi connectivity index (χ1) is 9.19. The number of benzene rings is 1. The molecule has 0 aliphatic rings. The van der Waals surface area contributed by atoms with E-state index in [1.165, 1.54) is 0 Å². The molecule has 19 heavy (non-hydrogen) atoms. The van der Waals surface area contributed by atoms with Gasteiger partial charge in [0, 0.05) is 18.9 Å². The van der Waals surface area contributed by atoms with E-state index in [9.17, 15) is 4.79 Å². The number of carbonyl (C=O) groups is 1. The molecule has 0 unspecified atom stereocenters. The van der Waals surface area contributed by atoms with E-state index in [4.69, 9.17) is 4.74 Å². The molecule has 0 amide bonds. The average Bonchev–Trinajstić information content (AvgIpc) is 2.83. The van der Waals surface area contributed by atoms with Crippen LogP contribution in [-0.2, 0) is 18.3 Å². The van der Waals surface area contributed by atoms with Crippen molar-refractivity contribution in [2.75, 3.05) is 11.9 Å². The molecule has 1 heterocycles. The van der Waals surface area contributed by atoms with Crippen molar-refractivity contribution in [2.45, 2.75) is 13.5 Å². The van der Waals surface area contributed by atoms with E-state index in [1.807, 2.05) is 25.4 Å². The van der Waals surface area contributed by atoms with Gasteiger partial charge in [-0.15, -0.1) is 5.10 Å². The summed E-state index contributed by atoms with van der Waals surface area (Å²) in [6, 6.07) is 7.14. The molecule has 0 saturated heterocycles. The number of hydrogen-bond donors (Lipinski definition) is 1. The maximum absolute atomic E-state index is 11.5. The van der Waals surface area contributed by atoms with Crippen LogP contribution >= 0.6 is 0 Å². The molecule has 0 aliphatic carbocycles. The third-order valence-electron chi connectivity index (χ3n) is 2.52. The van der Waals surface area contributed by atoms with E-state index in [0.717, 1.165) is 11.4 Å². The predicted molar refractivity (Wildman–Crippen MR) is 70.7 cm³/mol. The first-order valence-electron chi connectivity index (χ1n) is 6.05. The summed E-state index contributed by atoms with van der Waals surface area (Å²) >= 11 is 0. The first kappa shape index (κ1) is 13.1. The van der Waals surface area contributed by atoms with Crippen LogP contribution in [-0.4, -0.2) is 27.6 Å². The van der Waals surface area contributed by atoms with Crippen LogP contribution in [0.25, 0.3) is 0 Å². The Hall–Kier alpha value is -2.37. The molecule has 0 atom stereocenters. The van der Waals surface area contributed by atoms with Crippen LogP contribution in [0.1, 0.15) is 23.0 Å². The minimum atomic E-state index is -0.303. The number of aryl methyl sites for hydroxylation is 1. The van der Waals surface area contributed by atoms with Crippen LogP contribution in [0.3, 0.4) is 0 Å². The van der Waals surface area contributed by atoms with E-state index in [1.54, 1.807) is 23.7 Å². The Labute approximate surface area is 111 Å². The highest BCUT2D eigenvalue weighted by Gasteiger charge is 2.05. The lowest BCUT2D eigenvalue weighted by Gasteiger charge is -2.05. The van der Waals surface area contributed by atoms with E-state index < -0.39 is 0 Å². The first-order valence-corrected chi connectivity index (χ1v) is 6.05. The predicted octanol–water partition coefficient (Wildman–Crippen LogP) is 1.60. The van der Waals surface area contributed by atoms with Gasteiger partial charge in [-0.25, -0.2) is 4.79 Å². The Kier molecular flexibility index (Phi) is 4.12. The van der Waals surface area contributed by atoms with Gasteiger partial charge in [0.25, 0.3) is 0 Å². The lowest BCUT2D eigenvalue weighted by molar-refractivity contribution is 0.0526. The smallest absolute Gasteiger partial charge is 0.338 e. The zero-order valence-corrected chi connectivity index (χ0v) is 11.0. The fourth-order valence-corrected chi connectivity index (χ4v) is 1.61. The standard InChI is InChI=1S/C13H16N4O2/c1-3-19-13(18)10-4-6-11(7-5-10)14-8-12-9-17(2)16-15-12/h4-7,9,14H,3,8H2,1-2H3. The fraction of sp³-hybridized carbons (Fsp3) is 0.308. The molecular weight excluding hydrogens is 244 g/mol. The summed E-state index contributed by atoms with van der Waals surface area (Å²) in [5, 5.41) is 11.0. The maximum atomic E-state index is 11.5. The van der Waals surface area contributed by atoms with Crippen LogP contribution in [0, 0.1) is 0 Å². The van der Waals surface area contributed by atoms with Gasteiger partial charge in [-0.05, 0) is 31.2 Å². The summed E-state index contributed by atoms with van der Waals surface area (Å²) in [7, 11) is 1.82. The number of carbonyl (C=O) groups excluding carboxylic acids is 1. The Morgan fingerprint density at radius 1 is 1.37 bits per heavy atom. The van der Waals surface area contributed by atoms with Crippen molar-refractivity contribution in [3.05, 3.63) is 41.7 Å². The number of rotatable bonds is 5. The van der Waals surface area contributed by atoms with Crippen LogP contribution in [0.4, 0.5) is 5.69 Å². The van der Waals surface area contributed by atoms with Gasteiger partial charge in [-0.3, -0.25) is 4.68 Å². The number of nitrogens with zero attached hydrogens (tertiary/aromatic N) is 3. The zero-order chi connectivity index (χ0) is 13.7. The molecule has 1 aromatic carbocycles. The Morgan fingerprint density at radius 3 is 2.68 bits per heavy atom. The number of hydrogen-bond acceptors (Lipinski definition) is 5. The van der Waals surface area contributed by atoms with Crippen molar-refractivity contribution >= 4 is 11.7 Å². The summed E-state index contributed by atoms with van der Waals surface area (Å²) < 4.78 is 6.57. The number of anilines is 1. The lowest BCUT2D eigenvalue weighted by Crippen LogP contribution is -2.05. The van der Waals surface area contributed by atoms with Crippen molar-refractivity contribution < 1.29 is 9.53 Å². The topological polar surface area (TPSA) is 69.0 Å². The van der Waals surface area contributed by atoms with E-state index in [0.29, 0.717) is 18.7 Å². The molecule has 0 radical (unpaired) electrons. The lowest BCUT2D eigenvalue weighted by atomic mass is 10.2. The third kappa shape index (κ3) is 3.54. The van der Waals surface area contributed by atoms with Crippen molar-refractivity contribution in [1.29, 1.82) is 0 Å². The molecule has 1 aromatic heterocycles. The average molecular weight is 260 g/mol. The summed E-state index contributed by atoms with van der Waals surface area (Å²) in [6.45, 7) is 2.76. The van der Waals surface area contributed by atoms with Crippen LogP contribution in [0.2, 0.25) is 0 Å². The van der Waals surface area contributed by atoms with Crippen LogP contribution in [0.5, 0.6) is 0 Å². The number of aromatic nitrogens is 3. The highest BCUT2D eigenvalue weighted by Crippen LogP contribution is 2.11. The zero-order valence-electron chi connectivity index (χ0n) is 11.0. The Balaban J connectivity index is 1.93. The molecule has 2 aromatic rings. The van der Waals surface area contributed by atoms with Crippen LogP contribution in [0.15, 0.2) is 30.5 Å². The van der Waals surface area contributed by atoms with Crippen molar-refractivity contribution in [3.63, 3.8) is 0 Å².